The highest BCUT2D eigenvalue weighted by Gasteiger charge is 2.23. The predicted molar refractivity (Wildman–Crippen MR) is 99.3 cm³/mol. The lowest BCUT2D eigenvalue weighted by molar-refractivity contribution is 0.296. The number of hydrogen-bond donors (Lipinski definition) is 0. The molecule has 25 heavy (non-hydrogen) atoms. The standard InChI is InChI=1S/C18H19N5OS/c1-2-4-16(5-3-1)22-10-12-23(13-11-22)17-18(21-25-20-17)24-14-15-6-8-19-9-7-15/h1-9H,10-14H2. The van der Waals surface area contributed by atoms with Gasteiger partial charge in [-0.1, -0.05) is 18.2 Å². The maximum absolute atomic E-state index is 5.88. The number of para-hydroxylation sites is 1. The number of pyridine rings is 1. The first-order valence-electron chi connectivity index (χ1n) is 8.29. The van der Waals surface area contributed by atoms with Crippen LogP contribution in [0.3, 0.4) is 0 Å². The molecule has 0 unspecified atom stereocenters. The molecular weight excluding hydrogens is 334 g/mol. The number of rotatable bonds is 5. The highest BCUT2D eigenvalue weighted by molar-refractivity contribution is 6.99. The number of ether oxygens (including phenoxy) is 1. The molecule has 3 heterocycles. The fraction of sp³-hybridized carbons (Fsp3) is 0.278. The van der Waals surface area contributed by atoms with E-state index < -0.39 is 0 Å². The van der Waals surface area contributed by atoms with E-state index >= 15 is 0 Å². The van der Waals surface area contributed by atoms with Crippen molar-refractivity contribution in [3.05, 3.63) is 60.4 Å². The lowest BCUT2D eigenvalue weighted by Gasteiger charge is -2.36. The van der Waals surface area contributed by atoms with Crippen LogP contribution in [0, 0.1) is 0 Å². The van der Waals surface area contributed by atoms with E-state index in [2.05, 4.69) is 47.8 Å². The van der Waals surface area contributed by atoms with Crippen LogP contribution in [-0.4, -0.2) is 39.9 Å². The molecule has 1 aliphatic heterocycles. The van der Waals surface area contributed by atoms with E-state index in [0.29, 0.717) is 12.5 Å². The number of anilines is 2. The molecule has 1 aliphatic rings. The average molecular weight is 353 g/mol. The van der Waals surface area contributed by atoms with Crippen LogP contribution in [0.5, 0.6) is 5.88 Å². The maximum atomic E-state index is 5.88. The minimum Gasteiger partial charge on any atom is -0.470 e. The Morgan fingerprint density at radius 3 is 2.36 bits per heavy atom. The fourth-order valence-corrected chi connectivity index (χ4v) is 3.43. The summed E-state index contributed by atoms with van der Waals surface area (Å²) in [5, 5.41) is 0. The first-order chi connectivity index (χ1) is 12.4. The number of piperazine rings is 1. The Balaban J connectivity index is 1.38. The summed E-state index contributed by atoms with van der Waals surface area (Å²) < 4.78 is 14.7. The summed E-state index contributed by atoms with van der Waals surface area (Å²) in [7, 11) is 0. The molecule has 4 rings (SSSR count). The van der Waals surface area contributed by atoms with Crippen LogP contribution in [0.1, 0.15) is 5.56 Å². The van der Waals surface area contributed by atoms with Gasteiger partial charge in [-0.25, -0.2) is 0 Å². The van der Waals surface area contributed by atoms with Gasteiger partial charge in [0.2, 0.25) is 5.82 Å². The van der Waals surface area contributed by atoms with Crippen molar-refractivity contribution in [3.8, 4) is 5.88 Å². The lowest BCUT2D eigenvalue weighted by atomic mass is 10.2. The van der Waals surface area contributed by atoms with Gasteiger partial charge in [0.1, 0.15) is 6.61 Å². The average Bonchev–Trinajstić information content (AvgIpc) is 3.17. The molecular formula is C18H19N5OS. The molecule has 128 valence electrons. The van der Waals surface area contributed by atoms with Crippen LogP contribution >= 0.6 is 11.7 Å². The summed E-state index contributed by atoms with van der Waals surface area (Å²) in [5.74, 6) is 1.47. The van der Waals surface area contributed by atoms with Gasteiger partial charge >= 0.3 is 0 Å². The van der Waals surface area contributed by atoms with Crippen LogP contribution in [-0.2, 0) is 6.61 Å². The highest BCUT2D eigenvalue weighted by atomic mass is 32.1. The van der Waals surface area contributed by atoms with Gasteiger partial charge in [0.15, 0.2) is 0 Å². The van der Waals surface area contributed by atoms with Crippen LogP contribution in [0.15, 0.2) is 54.9 Å². The zero-order chi connectivity index (χ0) is 16.9. The smallest absolute Gasteiger partial charge is 0.271 e. The van der Waals surface area contributed by atoms with Gasteiger partial charge in [-0.05, 0) is 29.8 Å². The van der Waals surface area contributed by atoms with Gasteiger partial charge in [0.05, 0.1) is 11.7 Å². The third-order valence-corrected chi connectivity index (χ3v) is 4.77. The summed E-state index contributed by atoms with van der Waals surface area (Å²) in [6.45, 7) is 4.22. The Bertz CT molecular complexity index is 787. The molecule has 1 fully saturated rings. The van der Waals surface area contributed by atoms with Gasteiger partial charge in [-0.2, -0.15) is 4.37 Å². The number of aromatic nitrogens is 3. The summed E-state index contributed by atoms with van der Waals surface area (Å²) in [6.07, 6.45) is 3.53. The van der Waals surface area contributed by atoms with E-state index in [-0.39, 0.29) is 0 Å². The predicted octanol–water partition coefficient (Wildman–Crippen LogP) is 2.84. The minimum absolute atomic E-state index is 0.477. The van der Waals surface area contributed by atoms with Gasteiger partial charge in [-0.15, -0.1) is 4.37 Å². The lowest BCUT2D eigenvalue weighted by Crippen LogP contribution is -2.46. The van der Waals surface area contributed by atoms with E-state index in [0.717, 1.165) is 37.6 Å². The topological polar surface area (TPSA) is 54.4 Å². The Morgan fingerprint density at radius 2 is 1.60 bits per heavy atom. The Kier molecular flexibility index (Phi) is 4.74. The molecule has 2 aromatic heterocycles. The van der Waals surface area contributed by atoms with E-state index in [1.165, 1.54) is 17.4 Å². The molecule has 0 atom stereocenters. The molecule has 1 saturated heterocycles. The monoisotopic (exact) mass is 353 g/mol. The SMILES string of the molecule is c1ccc(N2CCN(c3nsnc3OCc3ccncc3)CC2)cc1. The maximum Gasteiger partial charge on any atom is 0.271 e. The van der Waals surface area contributed by atoms with Crippen molar-refractivity contribution in [1.82, 2.24) is 13.7 Å². The van der Waals surface area contributed by atoms with Gasteiger partial charge < -0.3 is 14.5 Å². The third-order valence-electron chi connectivity index (χ3n) is 4.27. The van der Waals surface area contributed by atoms with Gasteiger partial charge in [0, 0.05) is 44.3 Å². The summed E-state index contributed by atoms with van der Waals surface area (Å²) in [4.78, 5) is 8.67. The van der Waals surface area contributed by atoms with Crippen LogP contribution < -0.4 is 14.5 Å². The van der Waals surface area contributed by atoms with Crippen molar-refractivity contribution < 1.29 is 4.74 Å². The first-order valence-corrected chi connectivity index (χ1v) is 9.02. The number of benzene rings is 1. The molecule has 0 bridgehead atoms. The second kappa shape index (κ2) is 7.48. The fourth-order valence-electron chi connectivity index (χ4n) is 2.91. The summed E-state index contributed by atoms with van der Waals surface area (Å²) >= 11 is 1.20. The van der Waals surface area contributed by atoms with Crippen molar-refractivity contribution in [1.29, 1.82) is 0 Å². The van der Waals surface area contributed by atoms with E-state index in [4.69, 9.17) is 4.74 Å². The molecule has 1 aromatic carbocycles. The van der Waals surface area contributed by atoms with E-state index in [1.54, 1.807) is 12.4 Å². The Hall–Kier alpha value is -2.67. The van der Waals surface area contributed by atoms with Gasteiger partial charge in [0.25, 0.3) is 5.88 Å². The molecule has 7 heteroatoms. The third kappa shape index (κ3) is 3.71. The number of nitrogens with zero attached hydrogens (tertiary/aromatic N) is 5. The molecule has 6 nitrogen and oxygen atoms in total. The van der Waals surface area contributed by atoms with Crippen molar-refractivity contribution >= 4 is 23.2 Å². The quantitative estimate of drug-likeness (QED) is 0.703. The Labute approximate surface area is 151 Å². The first kappa shape index (κ1) is 15.8. The zero-order valence-corrected chi connectivity index (χ0v) is 14.6. The summed E-state index contributed by atoms with van der Waals surface area (Å²) in [6, 6.07) is 14.4. The second-order valence-electron chi connectivity index (χ2n) is 5.85. The molecule has 0 radical (unpaired) electrons. The zero-order valence-electron chi connectivity index (χ0n) is 13.8. The Morgan fingerprint density at radius 1 is 0.880 bits per heavy atom. The molecule has 0 saturated carbocycles. The minimum atomic E-state index is 0.477. The van der Waals surface area contributed by atoms with Crippen LogP contribution in [0.25, 0.3) is 0 Å². The molecule has 0 aliphatic carbocycles. The normalized spacial score (nSPS) is 14.6. The number of hydrogen-bond acceptors (Lipinski definition) is 7. The largest absolute Gasteiger partial charge is 0.470 e. The molecule has 0 amide bonds. The highest BCUT2D eigenvalue weighted by Crippen LogP contribution is 2.28. The molecule has 0 N–H and O–H groups in total. The van der Waals surface area contributed by atoms with Gasteiger partial charge in [-0.3, -0.25) is 4.98 Å². The van der Waals surface area contributed by atoms with Crippen molar-refractivity contribution in [2.45, 2.75) is 6.61 Å². The van der Waals surface area contributed by atoms with Crippen molar-refractivity contribution in [3.63, 3.8) is 0 Å². The molecule has 3 aromatic rings. The van der Waals surface area contributed by atoms with E-state index in [9.17, 15) is 0 Å². The van der Waals surface area contributed by atoms with Crippen LogP contribution in [0.4, 0.5) is 11.5 Å². The summed E-state index contributed by atoms with van der Waals surface area (Å²) in [5.41, 5.74) is 2.34. The molecule has 0 spiro atoms. The van der Waals surface area contributed by atoms with Crippen molar-refractivity contribution in [2.24, 2.45) is 0 Å². The second-order valence-corrected chi connectivity index (χ2v) is 6.38. The van der Waals surface area contributed by atoms with Crippen LogP contribution in [0.2, 0.25) is 0 Å². The van der Waals surface area contributed by atoms with Crippen molar-refractivity contribution in [2.75, 3.05) is 36.0 Å². The van der Waals surface area contributed by atoms with E-state index in [1.807, 2.05) is 18.2 Å².